The zero-order valence-electron chi connectivity index (χ0n) is 17.8. The van der Waals surface area contributed by atoms with E-state index in [4.69, 9.17) is 9.47 Å². The van der Waals surface area contributed by atoms with Gasteiger partial charge in [0.15, 0.2) is 11.5 Å². The molecule has 1 amide bonds. The summed E-state index contributed by atoms with van der Waals surface area (Å²) < 4.78 is 10.7. The summed E-state index contributed by atoms with van der Waals surface area (Å²) in [5.74, 6) is 1.08. The molecule has 0 saturated carbocycles. The molecule has 1 saturated heterocycles. The number of methoxy groups -OCH3 is 2. The van der Waals surface area contributed by atoms with Crippen molar-refractivity contribution in [2.24, 2.45) is 0 Å². The van der Waals surface area contributed by atoms with Crippen molar-refractivity contribution in [1.82, 2.24) is 4.90 Å². The highest BCUT2D eigenvalue weighted by molar-refractivity contribution is 6.31. The average Bonchev–Trinajstić information content (AvgIpc) is 3.36. The summed E-state index contributed by atoms with van der Waals surface area (Å²) in [6, 6.07) is 12.2. The van der Waals surface area contributed by atoms with Crippen molar-refractivity contribution >= 4 is 22.9 Å². The zero-order chi connectivity index (χ0) is 21.1. The highest BCUT2D eigenvalue weighted by Crippen LogP contribution is 2.40. The molecule has 2 aliphatic heterocycles. The second-order valence-corrected chi connectivity index (χ2v) is 7.90. The molecule has 1 unspecified atom stereocenters. The van der Waals surface area contributed by atoms with Crippen LogP contribution in [0.3, 0.4) is 0 Å². The molecule has 0 spiro atoms. The van der Waals surface area contributed by atoms with E-state index in [1.54, 1.807) is 20.3 Å². The molecule has 2 heterocycles. The van der Waals surface area contributed by atoms with Gasteiger partial charge in [-0.15, -0.1) is 0 Å². The fourth-order valence-corrected chi connectivity index (χ4v) is 4.14. The largest absolute Gasteiger partial charge is 0.493 e. The van der Waals surface area contributed by atoms with Crippen molar-refractivity contribution in [1.29, 1.82) is 0 Å². The number of hydrogen-bond acceptors (Lipinski definition) is 5. The number of carbonyl (C=O) groups is 1. The lowest BCUT2D eigenvalue weighted by molar-refractivity contribution is -0.110. The summed E-state index contributed by atoms with van der Waals surface area (Å²) in [4.78, 5) is 15.0. The number of benzene rings is 2. The lowest BCUT2D eigenvalue weighted by Crippen LogP contribution is -2.18. The predicted molar refractivity (Wildman–Crippen MR) is 120 cm³/mol. The number of nitrogens with zero attached hydrogens (tertiary/aromatic N) is 1. The van der Waals surface area contributed by atoms with E-state index in [1.807, 2.05) is 19.1 Å². The van der Waals surface area contributed by atoms with Crippen LogP contribution >= 0.6 is 0 Å². The van der Waals surface area contributed by atoms with E-state index in [0.29, 0.717) is 17.1 Å². The molecular weight excluding hydrogens is 378 g/mol. The molecule has 4 rings (SSSR count). The van der Waals surface area contributed by atoms with E-state index in [-0.39, 0.29) is 11.9 Å². The first-order valence-corrected chi connectivity index (χ1v) is 10.4. The summed E-state index contributed by atoms with van der Waals surface area (Å²) in [7, 11) is 3.18. The van der Waals surface area contributed by atoms with Crippen molar-refractivity contribution in [3.8, 4) is 11.5 Å². The van der Waals surface area contributed by atoms with Gasteiger partial charge in [0.2, 0.25) is 0 Å². The van der Waals surface area contributed by atoms with Crippen LogP contribution in [0.15, 0.2) is 42.5 Å². The standard InChI is InChI=1S/C24H29N3O3/c1-16(25-18-8-6-17(7-9-18)15-27-10-4-5-11-27)12-20-19-13-22(29-2)23(30-3)14-21(19)26-24(20)28/h6-9,12-14,16,25H,4-5,10-11,15H2,1-3H3,(H,26,28). The molecule has 2 aromatic rings. The van der Waals surface area contributed by atoms with Crippen molar-refractivity contribution in [3.05, 3.63) is 53.6 Å². The highest BCUT2D eigenvalue weighted by Gasteiger charge is 2.27. The number of anilines is 2. The number of likely N-dealkylation sites (tertiary alicyclic amines) is 1. The third-order valence-electron chi connectivity index (χ3n) is 5.68. The van der Waals surface area contributed by atoms with Gasteiger partial charge in [0.25, 0.3) is 5.91 Å². The topological polar surface area (TPSA) is 62.8 Å². The lowest BCUT2D eigenvalue weighted by Gasteiger charge is -2.16. The van der Waals surface area contributed by atoms with Crippen molar-refractivity contribution in [2.45, 2.75) is 32.4 Å². The van der Waals surface area contributed by atoms with E-state index in [2.05, 4.69) is 39.8 Å². The van der Waals surface area contributed by atoms with Crippen molar-refractivity contribution in [3.63, 3.8) is 0 Å². The van der Waals surface area contributed by atoms with Crippen LogP contribution < -0.4 is 20.1 Å². The van der Waals surface area contributed by atoms with Gasteiger partial charge in [-0.05, 0) is 62.7 Å². The molecule has 158 valence electrons. The molecule has 0 bridgehead atoms. The monoisotopic (exact) mass is 407 g/mol. The van der Waals surface area contributed by atoms with Crippen LogP contribution in [0.1, 0.15) is 30.9 Å². The van der Waals surface area contributed by atoms with Gasteiger partial charge in [-0.25, -0.2) is 0 Å². The molecule has 0 aromatic heterocycles. The zero-order valence-corrected chi connectivity index (χ0v) is 17.8. The minimum atomic E-state index is -0.116. The molecule has 6 heteroatoms. The van der Waals surface area contributed by atoms with Gasteiger partial charge in [-0.2, -0.15) is 0 Å². The molecule has 2 aromatic carbocycles. The van der Waals surface area contributed by atoms with Crippen LogP contribution in [0.4, 0.5) is 11.4 Å². The fraction of sp³-hybridized carbons (Fsp3) is 0.375. The van der Waals surface area contributed by atoms with Gasteiger partial charge in [0.1, 0.15) is 0 Å². The first kappa shape index (κ1) is 20.3. The van der Waals surface area contributed by atoms with E-state index >= 15 is 0 Å². The van der Waals surface area contributed by atoms with Gasteiger partial charge >= 0.3 is 0 Å². The Bertz CT molecular complexity index is 947. The van der Waals surface area contributed by atoms with Crippen LogP contribution in [-0.2, 0) is 11.3 Å². The van der Waals surface area contributed by atoms with Crippen molar-refractivity contribution in [2.75, 3.05) is 37.9 Å². The molecule has 2 N–H and O–H groups in total. The lowest BCUT2D eigenvalue weighted by atomic mass is 10.0. The Balaban J connectivity index is 1.47. The number of rotatable bonds is 7. The highest BCUT2D eigenvalue weighted by atomic mass is 16.5. The Labute approximate surface area is 177 Å². The molecule has 1 atom stereocenters. The Kier molecular flexibility index (Phi) is 5.95. The first-order chi connectivity index (χ1) is 14.6. The number of fused-ring (bicyclic) bond motifs is 1. The van der Waals surface area contributed by atoms with E-state index in [9.17, 15) is 4.79 Å². The molecule has 6 nitrogen and oxygen atoms in total. The number of amides is 1. The molecular formula is C24H29N3O3. The maximum Gasteiger partial charge on any atom is 0.256 e. The van der Waals surface area contributed by atoms with Gasteiger partial charge in [-0.3, -0.25) is 9.69 Å². The van der Waals surface area contributed by atoms with Gasteiger partial charge in [0.05, 0.1) is 19.9 Å². The summed E-state index contributed by atoms with van der Waals surface area (Å²) in [6.07, 6.45) is 4.56. The second kappa shape index (κ2) is 8.79. The molecule has 30 heavy (non-hydrogen) atoms. The van der Waals surface area contributed by atoms with E-state index in [1.165, 1.54) is 31.5 Å². The molecule has 0 radical (unpaired) electrons. The third kappa shape index (κ3) is 4.28. The van der Waals surface area contributed by atoms with Crippen LogP contribution in [0, 0.1) is 0 Å². The molecule has 2 aliphatic rings. The molecule has 0 aliphatic carbocycles. The van der Waals surface area contributed by atoms with E-state index in [0.717, 1.165) is 23.5 Å². The average molecular weight is 408 g/mol. The Morgan fingerprint density at radius 3 is 2.43 bits per heavy atom. The number of hydrogen-bond donors (Lipinski definition) is 2. The van der Waals surface area contributed by atoms with Crippen LogP contribution in [0.5, 0.6) is 11.5 Å². The summed E-state index contributed by atoms with van der Waals surface area (Å²) in [5.41, 5.74) is 4.57. The summed E-state index contributed by atoms with van der Waals surface area (Å²) in [5, 5.41) is 6.38. The predicted octanol–water partition coefficient (Wildman–Crippen LogP) is 4.14. The number of ether oxygens (including phenoxy) is 2. The summed E-state index contributed by atoms with van der Waals surface area (Å²) >= 11 is 0. The van der Waals surface area contributed by atoms with E-state index < -0.39 is 0 Å². The smallest absolute Gasteiger partial charge is 0.256 e. The normalized spacial score (nSPS) is 18.2. The maximum atomic E-state index is 12.5. The second-order valence-electron chi connectivity index (χ2n) is 7.90. The minimum absolute atomic E-state index is 0.0192. The SMILES string of the molecule is COc1cc2c(cc1OC)C(=CC(C)Nc1ccc(CN3CCCC3)cc1)C(=O)N2. The Hall–Kier alpha value is -2.99. The van der Waals surface area contributed by atoms with Gasteiger partial charge < -0.3 is 20.1 Å². The van der Waals surface area contributed by atoms with Crippen molar-refractivity contribution < 1.29 is 14.3 Å². The number of carbonyl (C=O) groups excluding carboxylic acids is 1. The third-order valence-corrected chi connectivity index (χ3v) is 5.68. The van der Waals surface area contributed by atoms with Crippen LogP contribution in [0.25, 0.3) is 5.57 Å². The Morgan fingerprint density at radius 1 is 1.10 bits per heavy atom. The van der Waals surface area contributed by atoms with Crippen LogP contribution in [0.2, 0.25) is 0 Å². The van der Waals surface area contributed by atoms with Crippen LogP contribution in [-0.4, -0.2) is 44.2 Å². The fourth-order valence-electron chi connectivity index (χ4n) is 4.14. The quantitative estimate of drug-likeness (QED) is 0.676. The number of nitrogens with one attached hydrogen (secondary N) is 2. The first-order valence-electron chi connectivity index (χ1n) is 10.4. The van der Waals surface area contributed by atoms with Gasteiger partial charge in [-0.1, -0.05) is 12.1 Å². The van der Waals surface area contributed by atoms with Gasteiger partial charge in [0, 0.05) is 35.5 Å². The summed E-state index contributed by atoms with van der Waals surface area (Å²) in [6.45, 7) is 5.45. The minimum Gasteiger partial charge on any atom is -0.493 e. The Morgan fingerprint density at radius 2 is 1.77 bits per heavy atom. The maximum absolute atomic E-state index is 12.5. The molecule has 1 fully saturated rings.